The van der Waals surface area contributed by atoms with Crippen LogP contribution in [0, 0.1) is 11.8 Å². The van der Waals surface area contributed by atoms with Gasteiger partial charge >= 0.3 is 0 Å². The summed E-state index contributed by atoms with van der Waals surface area (Å²) in [6.07, 6.45) is 8.69. The number of allylic oxidation sites excluding steroid dienone is 2. The number of aromatic nitrogens is 1. The molecule has 0 spiro atoms. The molecule has 1 aromatic rings. The first-order valence-corrected chi connectivity index (χ1v) is 7.23. The van der Waals surface area contributed by atoms with Gasteiger partial charge in [0.15, 0.2) is 0 Å². The fourth-order valence-electron chi connectivity index (χ4n) is 2.34. The normalized spacial score (nSPS) is 22.4. The molecule has 0 bridgehead atoms. The van der Waals surface area contributed by atoms with E-state index in [2.05, 4.69) is 36.3 Å². The minimum atomic E-state index is 0.635. The van der Waals surface area contributed by atoms with Gasteiger partial charge in [-0.2, -0.15) is 0 Å². The summed E-state index contributed by atoms with van der Waals surface area (Å²) in [4.78, 5) is 4.33. The van der Waals surface area contributed by atoms with Crippen molar-refractivity contribution in [2.24, 2.45) is 11.8 Å². The number of pyridine rings is 1. The van der Waals surface area contributed by atoms with E-state index in [0.717, 1.165) is 37.6 Å². The van der Waals surface area contributed by atoms with E-state index in [4.69, 9.17) is 4.74 Å². The molecule has 1 aliphatic carbocycles. The summed E-state index contributed by atoms with van der Waals surface area (Å²) in [7, 11) is 0. The molecule has 0 aliphatic heterocycles. The number of hydrogen-bond donors (Lipinski definition) is 1. The second kappa shape index (κ2) is 7.29. The maximum Gasteiger partial charge on any atom is 0.122 e. The molecule has 104 valence electrons. The molecule has 2 atom stereocenters. The van der Waals surface area contributed by atoms with E-state index in [9.17, 15) is 0 Å². The molecule has 2 rings (SSSR count). The van der Waals surface area contributed by atoms with Crippen molar-refractivity contribution in [3.05, 3.63) is 36.2 Å². The summed E-state index contributed by atoms with van der Waals surface area (Å²) in [5, 5.41) is 3.28. The molecule has 3 nitrogen and oxygen atoms in total. The number of nitrogens with zero attached hydrogens (tertiary/aromatic N) is 1. The quantitative estimate of drug-likeness (QED) is 0.798. The van der Waals surface area contributed by atoms with Crippen molar-refractivity contribution in [1.29, 1.82) is 0 Å². The monoisotopic (exact) mass is 260 g/mol. The van der Waals surface area contributed by atoms with E-state index >= 15 is 0 Å². The molecule has 19 heavy (non-hydrogen) atoms. The molecule has 0 fully saturated rings. The first kappa shape index (κ1) is 14.1. The molecule has 2 unspecified atom stereocenters. The Balaban J connectivity index is 1.86. The minimum Gasteiger partial charge on any atom is -0.493 e. The summed E-state index contributed by atoms with van der Waals surface area (Å²) >= 11 is 0. The minimum absolute atomic E-state index is 0.635. The van der Waals surface area contributed by atoms with Gasteiger partial charge < -0.3 is 10.1 Å². The van der Waals surface area contributed by atoms with Crippen LogP contribution in [0.3, 0.4) is 0 Å². The predicted molar refractivity (Wildman–Crippen MR) is 78.1 cm³/mol. The first-order chi connectivity index (χ1) is 9.29. The Morgan fingerprint density at radius 2 is 2.21 bits per heavy atom. The van der Waals surface area contributed by atoms with Crippen molar-refractivity contribution in [3.8, 4) is 5.75 Å². The standard InChI is InChI=1S/C16H24N2O/c1-3-17-11-15-10-16(8-9-18-15)19-12-14-7-5-4-6-13(14)2/h4-5,8-10,13-14,17H,3,6-7,11-12H2,1-2H3. The van der Waals surface area contributed by atoms with Crippen molar-refractivity contribution < 1.29 is 4.74 Å². The molecular weight excluding hydrogens is 236 g/mol. The second-order valence-corrected chi connectivity index (χ2v) is 5.25. The maximum absolute atomic E-state index is 5.93. The van der Waals surface area contributed by atoms with E-state index in [1.54, 1.807) is 0 Å². The fourth-order valence-corrected chi connectivity index (χ4v) is 2.34. The summed E-state index contributed by atoms with van der Waals surface area (Å²) in [6.45, 7) is 6.96. The molecule has 0 radical (unpaired) electrons. The van der Waals surface area contributed by atoms with Gasteiger partial charge in [0.25, 0.3) is 0 Å². The smallest absolute Gasteiger partial charge is 0.122 e. The van der Waals surface area contributed by atoms with Crippen LogP contribution in [0.1, 0.15) is 32.4 Å². The Morgan fingerprint density at radius 3 is 3.00 bits per heavy atom. The predicted octanol–water partition coefficient (Wildman–Crippen LogP) is 3.17. The van der Waals surface area contributed by atoms with Crippen LogP contribution >= 0.6 is 0 Å². The molecule has 0 amide bonds. The van der Waals surface area contributed by atoms with Gasteiger partial charge in [0.1, 0.15) is 5.75 Å². The Bertz CT molecular complexity index is 417. The van der Waals surface area contributed by atoms with Gasteiger partial charge in [0, 0.05) is 18.8 Å². The number of nitrogens with one attached hydrogen (secondary N) is 1. The van der Waals surface area contributed by atoms with E-state index in [-0.39, 0.29) is 0 Å². The molecule has 0 saturated carbocycles. The zero-order valence-corrected chi connectivity index (χ0v) is 11.9. The van der Waals surface area contributed by atoms with Crippen LogP contribution < -0.4 is 10.1 Å². The fraction of sp³-hybridized carbons (Fsp3) is 0.562. The Labute approximate surface area is 116 Å². The van der Waals surface area contributed by atoms with Crippen molar-refractivity contribution in [3.63, 3.8) is 0 Å². The van der Waals surface area contributed by atoms with Gasteiger partial charge in [0.05, 0.1) is 12.3 Å². The molecule has 1 aromatic heterocycles. The summed E-state index contributed by atoms with van der Waals surface area (Å²) in [6, 6.07) is 3.98. The average Bonchev–Trinajstić information content (AvgIpc) is 2.45. The van der Waals surface area contributed by atoms with Gasteiger partial charge in [0.2, 0.25) is 0 Å². The lowest BCUT2D eigenvalue weighted by Gasteiger charge is -2.25. The zero-order valence-electron chi connectivity index (χ0n) is 11.9. The summed E-state index contributed by atoms with van der Waals surface area (Å²) < 4.78 is 5.93. The van der Waals surface area contributed by atoms with Crippen LogP contribution in [-0.2, 0) is 6.54 Å². The third-order valence-electron chi connectivity index (χ3n) is 3.73. The van der Waals surface area contributed by atoms with Crippen LogP contribution in [-0.4, -0.2) is 18.1 Å². The number of hydrogen-bond acceptors (Lipinski definition) is 3. The third kappa shape index (κ3) is 4.35. The summed E-state index contributed by atoms with van der Waals surface area (Å²) in [5.74, 6) is 2.29. The molecule has 0 aromatic carbocycles. The van der Waals surface area contributed by atoms with Crippen LogP contribution in [0.2, 0.25) is 0 Å². The third-order valence-corrected chi connectivity index (χ3v) is 3.73. The van der Waals surface area contributed by atoms with E-state index < -0.39 is 0 Å². The van der Waals surface area contributed by atoms with Crippen molar-refractivity contribution in [2.45, 2.75) is 33.2 Å². The number of rotatable bonds is 6. The topological polar surface area (TPSA) is 34.1 Å². The number of ether oxygens (including phenoxy) is 1. The molecular formula is C16H24N2O. The van der Waals surface area contributed by atoms with E-state index in [1.165, 1.54) is 6.42 Å². The van der Waals surface area contributed by atoms with Crippen molar-refractivity contribution in [2.75, 3.05) is 13.2 Å². The Hall–Kier alpha value is -1.35. The van der Waals surface area contributed by atoms with Crippen LogP contribution in [0.25, 0.3) is 0 Å². The Kier molecular flexibility index (Phi) is 5.40. The highest BCUT2D eigenvalue weighted by Gasteiger charge is 2.18. The highest BCUT2D eigenvalue weighted by atomic mass is 16.5. The van der Waals surface area contributed by atoms with Crippen LogP contribution in [0.15, 0.2) is 30.5 Å². The molecule has 0 saturated heterocycles. The lowest BCUT2D eigenvalue weighted by molar-refractivity contribution is 0.198. The van der Waals surface area contributed by atoms with Crippen molar-refractivity contribution >= 4 is 0 Å². The maximum atomic E-state index is 5.93. The molecule has 1 aliphatic rings. The molecule has 1 heterocycles. The lowest BCUT2D eigenvalue weighted by Crippen LogP contribution is -2.21. The zero-order chi connectivity index (χ0) is 13.5. The van der Waals surface area contributed by atoms with Crippen molar-refractivity contribution in [1.82, 2.24) is 10.3 Å². The highest BCUT2D eigenvalue weighted by molar-refractivity contribution is 5.22. The summed E-state index contributed by atoms with van der Waals surface area (Å²) in [5.41, 5.74) is 1.04. The molecule has 3 heteroatoms. The first-order valence-electron chi connectivity index (χ1n) is 7.23. The van der Waals surface area contributed by atoms with Crippen LogP contribution in [0.4, 0.5) is 0 Å². The van der Waals surface area contributed by atoms with Gasteiger partial charge in [-0.3, -0.25) is 4.98 Å². The van der Waals surface area contributed by atoms with E-state index in [0.29, 0.717) is 11.8 Å². The van der Waals surface area contributed by atoms with Gasteiger partial charge in [-0.25, -0.2) is 0 Å². The largest absolute Gasteiger partial charge is 0.493 e. The highest BCUT2D eigenvalue weighted by Crippen LogP contribution is 2.25. The van der Waals surface area contributed by atoms with Crippen LogP contribution in [0.5, 0.6) is 5.75 Å². The van der Waals surface area contributed by atoms with Gasteiger partial charge in [-0.05, 0) is 37.3 Å². The second-order valence-electron chi connectivity index (χ2n) is 5.25. The van der Waals surface area contributed by atoms with Gasteiger partial charge in [-0.1, -0.05) is 26.0 Å². The Morgan fingerprint density at radius 1 is 1.37 bits per heavy atom. The SMILES string of the molecule is CCNCc1cc(OCC2CC=CCC2C)ccn1. The molecule has 1 N–H and O–H groups in total. The van der Waals surface area contributed by atoms with E-state index in [1.807, 2.05) is 18.3 Å². The lowest BCUT2D eigenvalue weighted by atomic mass is 9.85. The van der Waals surface area contributed by atoms with Gasteiger partial charge in [-0.15, -0.1) is 0 Å². The average molecular weight is 260 g/mol.